The van der Waals surface area contributed by atoms with Gasteiger partial charge in [-0.25, -0.2) is 4.98 Å². The van der Waals surface area contributed by atoms with E-state index in [1.165, 1.54) is 12.8 Å². The number of halogens is 3. The zero-order valence-corrected chi connectivity index (χ0v) is 14.8. The molecular weight excluding hydrogens is 422 g/mol. The first kappa shape index (κ1) is 15.3. The molecule has 0 radical (unpaired) electrons. The molecule has 110 valence electrons. The van der Waals surface area contributed by atoms with Crippen LogP contribution in [0, 0.1) is 3.57 Å². The van der Waals surface area contributed by atoms with E-state index in [0.717, 1.165) is 24.1 Å². The first-order valence-electron chi connectivity index (χ1n) is 6.81. The third kappa shape index (κ3) is 3.27. The maximum Gasteiger partial charge on any atom is 0.264 e. The van der Waals surface area contributed by atoms with E-state index in [9.17, 15) is 4.79 Å². The Labute approximate surface area is 146 Å². The normalized spacial score (nSPS) is 15.6. The number of aromatic amines is 1. The van der Waals surface area contributed by atoms with E-state index >= 15 is 0 Å². The minimum Gasteiger partial charge on any atom is -0.306 e. The molecule has 0 amide bonds. The summed E-state index contributed by atoms with van der Waals surface area (Å²) < 4.78 is 0.691. The van der Waals surface area contributed by atoms with Crippen molar-refractivity contribution < 1.29 is 0 Å². The van der Waals surface area contributed by atoms with Crippen molar-refractivity contribution in [1.29, 1.82) is 0 Å². The van der Waals surface area contributed by atoms with Crippen LogP contribution in [0.5, 0.6) is 0 Å². The van der Waals surface area contributed by atoms with Crippen LogP contribution in [0.3, 0.4) is 0 Å². The number of hydrogen-bond acceptors (Lipinski definition) is 2. The van der Waals surface area contributed by atoms with Gasteiger partial charge in [0.15, 0.2) is 0 Å². The third-order valence-corrected chi connectivity index (χ3v) is 5.25. The molecule has 1 aromatic heterocycles. The Bertz CT molecular complexity index is 719. The van der Waals surface area contributed by atoms with Crippen LogP contribution in [-0.4, -0.2) is 9.97 Å². The van der Waals surface area contributed by atoms with E-state index in [1.807, 2.05) is 0 Å². The lowest BCUT2D eigenvalue weighted by molar-refractivity contribution is 0.687. The molecule has 21 heavy (non-hydrogen) atoms. The molecule has 0 bridgehead atoms. The average molecular weight is 435 g/mol. The molecule has 1 heterocycles. The summed E-state index contributed by atoms with van der Waals surface area (Å²) >= 11 is 14.2. The molecule has 0 saturated heterocycles. The van der Waals surface area contributed by atoms with Crippen LogP contribution >= 0.6 is 45.8 Å². The van der Waals surface area contributed by atoms with Gasteiger partial charge in [-0.3, -0.25) is 4.79 Å². The minimum atomic E-state index is -0.0985. The third-order valence-electron chi connectivity index (χ3n) is 3.77. The molecule has 1 N–H and O–H groups in total. The van der Waals surface area contributed by atoms with E-state index in [1.54, 1.807) is 18.2 Å². The highest BCUT2D eigenvalue weighted by atomic mass is 127. The zero-order valence-electron chi connectivity index (χ0n) is 11.1. The number of nitrogens with one attached hydrogen (secondary N) is 1. The summed E-state index contributed by atoms with van der Waals surface area (Å²) in [6.07, 6.45) is 4.60. The van der Waals surface area contributed by atoms with Crippen LogP contribution in [-0.2, 0) is 0 Å². The molecule has 1 aromatic carbocycles. The molecule has 0 aliphatic heterocycles. The summed E-state index contributed by atoms with van der Waals surface area (Å²) in [4.78, 5) is 19.7. The summed E-state index contributed by atoms with van der Waals surface area (Å²) in [5.74, 6) is 0.916. The molecule has 1 saturated carbocycles. The average Bonchev–Trinajstić information content (AvgIpc) is 2.94. The minimum absolute atomic E-state index is 0.0985. The lowest BCUT2D eigenvalue weighted by Gasteiger charge is -2.12. The summed E-state index contributed by atoms with van der Waals surface area (Å²) in [7, 11) is 0. The predicted octanol–water partition coefficient (Wildman–Crippen LogP) is 5.01. The molecule has 3 rings (SSSR count). The molecule has 3 nitrogen and oxygen atoms in total. The topological polar surface area (TPSA) is 45.8 Å². The SMILES string of the molecule is O=c1[nH]c(-c2cc(Cl)cc(Cl)c2)nc(C2CCCC2)c1I. The number of H-pyrrole nitrogens is 1. The second kappa shape index (κ2) is 6.26. The number of aromatic nitrogens is 2. The fraction of sp³-hybridized carbons (Fsp3) is 0.333. The van der Waals surface area contributed by atoms with Gasteiger partial charge >= 0.3 is 0 Å². The second-order valence-corrected chi connectivity index (χ2v) is 7.20. The van der Waals surface area contributed by atoms with Crippen molar-refractivity contribution in [2.75, 3.05) is 0 Å². The van der Waals surface area contributed by atoms with Crippen molar-refractivity contribution in [3.05, 3.63) is 47.9 Å². The van der Waals surface area contributed by atoms with Crippen LogP contribution < -0.4 is 5.56 Å². The van der Waals surface area contributed by atoms with Gasteiger partial charge in [-0.1, -0.05) is 36.0 Å². The van der Waals surface area contributed by atoms with E-state index in [2.05, 4.69) is 32.6 Å². The van der Waals surface area contributed by atoms with E-state index in [4.69, 9.17) is 23.2 Å². The molecule has 0 spiro atoms. The molecule has 1 aliphatic carbocycles. The first-order valence-corrected chi connectivity index (χ1v) is 8.64. The number of nitrogens with zero attached hydrogens (tertiary/aromatic N) is 1. The highest BCUT2D eigenvalue weighted by Gasteiger charge is 2.23. The number of hydrogen-bond donors (Lipinski definition) is 1. The largest absolute Gasteiger partial charge is 0.306 e. The smallest absolute Gasteiger partial charge is 0.264 e. The van der Waals surface area contributed by atoms with Gasteiger partial charge in [0.05, 0.1) is 9.26 Å². The van der Waals surface area contributed by atoms with Gasteiger partial charge in [0, 0.05) is 21.5 Å². The van der Waals surface area contributed by atoms with Gasteiger partial charge in [-0.05, 0) is 53.6 Å². The monoisotopic (exact) mass is 434 g/mol. The fourth-order valence-corrected chi connectivity index (χ4v) is 4.00. The maximum absolute atomic E-state index is 12.2. The Kier molecular flexibility index (Phi) is 4.57. The molecular formula is C15H13Cl2IN2O. The van der Waals surface area contributed by atoms with Crippen molar-refractivity contribution in [3.8, 4) is 11.4 Å². The number of benzene rings is 1. The lowest BCUT2D eigenvalue weighted by Crippen LogP contribution is -2.18. The lowest BCUT2D eigenvalue weighted by atomic mass is 10.0. The molecule has 0 unspecified atom stereocenters. The van der Waals surface area contributed by atoms with E-state index < -0.39 is 0 Å². The van der Waals surface area contributed by atoms with Crippen molar-refractivity contribution in [1.82, 2.24) is 9.97 Å². The van der Waals surface area contributed by atoms with Crippen LogP contribution in [0.4, 0.5) is 0 Å². The Balaban J connectivity index is 2.12. The van der Waals surface area contributed by atoms with Gasteiger partial charge in [0.2, 0.25) is 0 Å². The van der Waals surface area contributed by atoms with Crippen LogP contribution in [0.1, 0.15) is 37.3 Å². The van der Waals surface area contributed by atoms with Crippen molar-refractivity contribution >= 4 is 45.8 Å². The Morgan fingerprint density at radius 3 is 2.38 bits per heavy atom. The standard InChI is InChI=1S/C15H13Cl2IN2O/c16-10-5-9(6-11(17)7-10)14-19-13(8-3-1-2-4-8)12(18)15(21)20-14/h5-8H,1-4H2,(H,19,20,21). The zero-order chi connectivity index (χ0) is 15.0. The molecule has 1 fully saturated rings. The summed E-state index contributed by atoms with van der Waals surface area (Å²) in [6.45, 7) is 0. The van der Waals surface area contributed by atoms with Crippen molar-refractivity contribution in [2.45, 2.75) is 31.6 Å². The maximum atomic E-state index is 12.2. The molecule has 1 aliphatic rings. The molecule has 6 heteroatoms. The van der Waals surface area contributed by atoms with Gasteiger partial charge in [0.1, 0.15) is 5.82 Å². The van der Waals surface area contributed by atoms with Crippen molar-refractivity contribution in [3.63, 3.8) is 0 Å². The van der Waals surface area contributed by atoms with Crippen LogP contribution in [0.15, 0.2) is 23.0 Å². The molecule has 0 atom stereocenters. The van der Waals surface area contributed by atoms with Gasteiger partial charge < -0.3 is 4.98 Å². The van der Waals surface area contributed by atoms with E-state index in [-0.39, 0.29) is 5.56 Å². The Hall–Kier alpha value is -0.590. The highest BCUT2D eigenvalue weighted by molar-refractivity contribution is 14.1. The number of rotatable bonds is 2. The summed E-state index contributed by atoms with van der Waals surface area (Å²) in [5, 5.41) is 1.06. The predicted molar refractivity (Wildman–Crippen MR) is 94.2 cm³/mol. The second-order valence-electron chi connectivity index (χ2n) is 5.25. The van der Waals surface area contributed by atoms with E-state index in [0.29, 0.717) is 25.4 Å². The Morgan fingerprint density at radius 2 is 1.76 bits per heavy atom. The first-order chi connectivity index (χ1) is 10.0. The highest BCUT2D eigenvalue weighted by Crippen LogP contribution is 2.35. The van der Waals surface area contributed by atoms with Crippen molar-refractivity contribution in [2.24, 2.45) is 0 Å². The van der Waals surface area contributed by atoms with Gasteiger partial charge in [-0.2, -0.15) is 0 Å². The summed E-state index contributed by atoms with van der Waals surface area (Å²) in [6, 6.07) is 5.18. The quantitative estimate of drug-likeness (QED) is 0.675. The fourth-order valence-electron chi connectivity index (χ4n) is 2.77. The van der Waals surface area contributed by atoms with Gasteiger partial charge in [-0.15, -0.1) is 0 Å². The molecule has 2 aromatic rings. The van der Waals surface area contributed by atoms with Crippen LogP contribution in [0.25, 0.3) is 11.4 Å². The van der Waals surface area contributed by atoms with Crippen LogP contribution in [0.2, 0.25) is 10.0 Å². The Morgan fingerprint density at radius 1 is 1.14 bits per heavy atom. The van der Waals surface area contributed by atoms with Gasteiger partial charge in [0.25, 0.3) is 5.56 Å². The summed E-state index contributed by atoms with van der Waals surface area (Å²) in [5.41, 5.74) is 1.54.